The quantitative estimate of drug-likeness (QED) is 0.764. The lowest BCUT2D eigenvalue weighted by Gasteiger charge is -2.64. The first-order valence-electron chi connectivity index (χ1n) is 10.5. The minimum Gasteiger partial charge on any atom is -0.480 e. The van der Waals surface area contributed by atoms with E-state index in [0.29, 0.717) is 30.6 Å². The van der Waals surface area contributed by atoms with E-state index in [1.165, 1.54) is 12.8 Å². The van der Waals surface area contributed by atoms with Crippen LogP contribution in [0.25, 0.3) is 0 Å². The molecule has 1 aromatic carbocycles. The van der Waals surface area contributed by atoms with Gasteiger partial charge in [-0.25, -0.2) is 0 Å². The van der Waals surface area contributed by atoms with Crippen molar-refractivity contribution in [3.63, 3.8) is 0 Å². The van der Waals surface area contributed by atoms with E-state index in [2.05, 4.69) is 7.05 Å². The van der Waals surface area contributed by atoms with Crippen LogP contribution in [0.2, 0.25) is 0 Å². The van der Waals surface area contributed by atoms with E-state index < -0.39 is 23.0 Å². The van der Waals surface area contributed by atoms with Crippen molar-refractivity contribution in [2.24, 2.45) is 11.7 Å². The van der Waals surface area contributed by atoms with E-state index in [1.54, 1.807) is 6.07 Å². The smallest absolute Gasteiger partial charge is 0.252 e. The number of ketones is 1. The Kier molecular flexibility index (Phi) is 3.02. The van der Waals surface area contributed by atoms with Gasteiger partial charge in [-0.1, -0.05) is 6.07 Å². The van der Waals surface area contributed by atoms with Crippen molar-refractivity contribution < 1.29 is 23.9 Å². The number of Topliss-reactive ketones (excluding diaryl/α,β-unsaturated/α-hetero) is 1. The molecule has 6 heteroatoms. The van der Waals surface area contributed by atoms with Gasteiger partial charge in [-0.3, -0.25) is 9.59 Å². The summed E-state index contributed by atoms with van der Waals surface area (Å²) in [7, 11) is 2.29. The molecule has 0 aromatic heterocycles. The first-order valence-corrected chi connectivity index (χ1v) is 10.5. The van der Waals surface area contributed by atoms with Gasteiger partial charge >= 0.3 is 0 Å². The number of aliphatic hydroxyl groups is 1. The molecule has 2 saturated carbocycles. The number of hydrogen-bond donors (Lipinski definition) is 2. The summed E-state index contributed by atoms with van der Waals surface area (Å²) in [4.78, 5) is 25.0. The third-order valence-corrected chi connectivity index (χ3v) is 8.56. The first-order chi connectivity index (χ1) is 13.3. The van der Waals surface area contributed by atoms with Crippen LogP contribution in [0.5, 0.6) is 5.75 Å². The van der Waals surface area contributed by atoms with Crippen molar-refractivity contribution >= 4 is 11.7 Å². The molecular formula is C22H27N2O4+. The second-order valence-corrected chi connectivity index (χ2v) is 10.00. The van der Waals surface area contributed by atoms with E-state index in [-0.39, 0.29) is 11.8 Å². The van der Waals surface area contributed by atoms with E-state index in [9.17, 15) is 14.7 Å². The zero-order valence-corrected chi connectivity index (χ0v) is 16.2. The molecule has 1 aromatic rings. The van der Waals surface area contributed by atoms with Gasteiger partial charge in [0.25, 0.3) is 5.91 Å². The fraction of sp³-hybridized carbons (Fsp3) is 0.636. The van der Waals surface area contributed by atoms with Gasteiger partial charge in [0.1, 0.15) is 17.4 Å². The van der Waals surface area contributed by atoms with Crippen molar-refractivity contribution in [3.8, 4) is 5.75 Å². The highest BCUT2D eigenvalue weighted by Gasteiger charge is 2.76. The average molecular weight is 383 g/mol. The molecule has 6 nitrogen and oxygen atoms in total. The molecule has 5 atom stereocenters. The largest absolute Gasteiger partial charge is 0.480 e. The molecular weight excluding hydrogens is 356 g/mol. The number of likely N-dealkylation sites (N-methyl/N-ethyl adjacent to an activating group) is 1. The third kappa shape index (κ3) is 1.77. The fourth-order valence-electron chi connectivity index (χ4n) is 7.15. The number of quaternary nitrogens is 1. The van der Waals surface area contributed by atoms with E-state index >= 15 is 0 Å². The summed E-state index contributed by atoms with van der Waals surface area (Å²) in [6.45, 7) is 2.03. The van der Waals surface area contributed by atoms with Crippen LogP contribution in [0.3, 0.4) is 0 Å². The third-order valence-electron chi connectivity index (χ3n) is 8.56. The van der Waals surface area contributed by atoms with Crippen molar-refractivity contribution in [3.05, 3.63) is 28.8 Å². The molecule has 2 heterocycles. The Balaban J connectivity index is 1.60. The summed E-state index contributed by atoms with van der Waals surface area (Å²) in [5, 5.41) is 12.3. The van der Waals surface area contributed by atoms with Gasteiger partial charge in [-0.2, -0.15) is 0 Å². The number of likely N-dealkylation sites (tertiary alicyclic amines) is 1. The van der Waals surface area contributed by atoms with E-state index in [0.717, 1.165) is 41.0 Å². The Bertz CT molecular complexity index is 941. The van der Waals surface area contributed by atoms with Gasteiger partial charge in [0.2, 0.25) is 0 Å². The minimum absolute atomic E-state index is 0.0428. The van der Waals surface area contributed by atoms with Gasteiger partial charge in [0.05, 0.1) is 31.1 Å². The molecule has 2 aliphatic heterocycles. The van der Waals surface area contributed by atoms with Gasteiger partial charge in [-0.15, -0.1) is 0 Å². The van der Waals surface area contributed by atoms with Crippen LogP contribution in [0.4, 0.5) is 0 Å². The molecule has 3 aliphatic carbocycles. The number of carbonyl (C=O) groups excluding carboxylic acids is 2. The zero-order valence-electron chi connectivity index (χ0n) is 16.2. The Morgan fingerprint density at radius 3 is 2.86 bits per heavy atom. The molecule has 3 N–H and O–H groups in total. The maximum atomic E-state index is 12.9. The van der Waals surface area contributed by atoms with Gasteiger partial charge in [-0.05, 0) is 30.9 Å². The van der Waals surface area contributed by atoms with Crippen molar-refractivity contribution in [1.29, 1.82) is 0 Å². The number of amides is 1. The molecule has 2 bridgehead atoms. The molecule has 28 heavy (non-hydrogen) atoms. The summed E-state index contributed by atoms with van der Waals surface area (Å²) in [6.07, 6.45) is 4.16. The minimum atomic E-state index is -0.984. The number of piperidine rings is 1. The standard InChI is InChI=1S/C22H26N2O4/c1-24(11-12-2-3-12)9-8-21-17-13-4-5-14(20(23)26)18(17)28-19(21)15(25)6-7-22(21,27)16(24)10-13/h4-5,12,16,19,27H,2-3,6-11H2,1H3,(H-,23,26)/p+1/t16-,19+,21+,22-,24-/m1/s1. The first kappa shape index (κ1) is 17.0. The van der Waals surface area contributed by atoms with Crippen LogP contribution in [0.1, 0.15) is 53.6 Å². The zero-order chi connectivity index (χ0) is 19.5. The number of carbonyl (C=O) groups is 2. The van der Waals surface area contributed by atoms with Crippen LogP contribution < -0.4 is 10.5 Å². The maximum absolute atomic E-state index is 12.9. The second-order valence-electron chi connectivity index (χ2n) is 10.00. The van der Waals surface area contributed by atoms with Crippen LogP contribution in [0.15, 0.2) is 12.1 Å². The Morgan fingerprint density at radius 1 is 1.36 bits per heavy atom. The Hall–Kier alpha value is -1.92. The molecule has 1 spiro atoms. The summed E-state index contributed by atoms with van der Waals surface area (Å²) >= 11 is 0. The van der Waals surface area contributed by atoms with Gasteiger partial charge in [0, 0.05) is 30.7 Å². The monoisotopic (exact) mass is 383 g/mol. The lowest BCUT2D eigenvalue weighted by atomic mass is 9.48. The maximum Gasteiger partial charge on any atom is 0.252 e. The average Bonchev–Trinajstić information content (AvgIpc) is 3.37. The van der Waals surface area contributed by atoms with E-state index in [1.807, 2.05) is 6.07 Å². The molecule has 0 unspecified atom stereocenters. The number of rotatable bonds is 3. The number of hydrogen-bond acceptors (Lipinski definition) is 4. The number of ether oxygens (including phenoxy) is 1. The highest BCUT2D eigenvalue weighted by atomic mass is 16.5. The predicted molar refractivity (Wildman–Crippen MR) is 101 cm³/mol. The second kappa shape index (κ2) is 4.97. The lowest BCUT2D eigenvalue weighted by molar-refractivity contribution is -0.950. The van der Waals surface area contributed by atoms with Crippen LogP contribution >= 0.6 is 0 Å². The van der Waals surface area contributed by atoms with Crippen molar-refractivity contribution in [2.45, 2.75) is 61.7 Å². The number of nitrogens with two attached hydrogens (primary N) is 1. The van der Waals surface area contributed by atoms with Gasteiger partial charge in [0.15, 0.2) is 11.9 Å². The summed E-state index contributed by atoms with van der Waals surface area (Å²) in [5.74, 6) is 0.718. The van der Waals surface area contributed by atoms with Gasteiger partial charge < -0.3 is 20.1 Å². The highest BCUT2D eigenvalue weighted by molar-refractivity contribution is 5.98. The molecule has 3 fully saturated rings. The summed E-state index contributed by atoms with van der Waals surface area (Å²) in [6, 6.07) is 3.77. The molecule has 0 radical (unpaired) electrons. The molecule has 148 valence electrons. The lowest BCUT2D eigenvalue weighted by Crippen LogP contribution is -2.80. The Labute approximate surface area is 164 Å². The van der Waals surface area contributed by atoms with Crippen LogP contribution in [-0.2, 0) is 16.6 Å². The fourth-order valence-corrected chi connectivity index (χ4v) is 7.15. The predicted octanol–water partition coefficient (Wildman–Crippen LogP) is 1.06. The van der Waals surface area contributed by atoms with Crippen molar-refractivity contribution in [1.82, 2.24) is 0 Å². The molecule has 1 saturated heterocycles. The van der Waals surface area contributed by atoms with Crippen molar-refractivity contribution in [2.75, 3.05) is 20.1 Å². The highest BCUT2D eigenvalue weighted by Crippen LogP contribution is 2.65. The van der Waals surface area contributed by atoms with Crippen LogP contribution in [0, 0.1) is 5.92 Å². The molecule has 1 amide bonds. The number of nitrogens with zero attached hydrogens (tertiary/aromatic N) is 1. The normalized spacial score (nSPS) is 42.7. The SMILES string of the molecule is C[N@+]1(CC2CC2)CC[C@]23c4c5ccc(C(N)=O)c4O[C@H]2C(=O)CC[C@@]3(O)[C@H]1C5. The Morgan fingerprint density at radius 2 is 2.14 bits per heavy atom. The number of benzene rings is 1. The summed E-state index contributed by atoms with van der Waals surface area (Å²) < 4.78 is 7.06. The summed E-state index contributed by atoms with van der Waals surface area (Å²) in [5.41, 5.74) is 6.24. The van der Waals surface area contributed by atoms with Crippen LogP contribution in [-0.4, -0.2) is 59.2 Å². The molecule has 6 rings (SSSR count). The number of primary amides is 1. The van der Waals surface area contributed by atoms with E-state index in [4.69, 9.17) is 10.5 Å². The molecule has 5 aliphatic rings. The topological polar surface area (TPSA) is 89.6 Å².